The van der Waals surface area contributed by atoms with Gasteiger partial charge in [0.05, 0.1) is 24.5 Å². The van der Waals surface area contributed by atoms with Gasteiger partial charge in [0.25, 0.3) is 5.91 Å². The van der Waals surface area contributed by atoms with Crippen LogP contribution >= 0.6 is 0 Å². The van der Waals surface area contributed by atoms with E-state index in [2.05, 4.69) is 13.2 Å². The second-order valence-electron chi connectivity index (χ2n) is 12.0. The van der Waals surface area contributed by atoms with Gasteiger partial charge in [0.2, 0.25) is 11.8 Å². The SMILES string of the molecule is C=CCN(CCC)C(=O)[C@@H]1[C@H]2C(=O)N(CCCCCCO)C(C(=O)N(CC=C)c3ccc(OC)cc3)C23CC[C@@]1(CC)O3. The molecule has 3 aliphatic heterocycles. The third-order valence-corrected chi connectivity index (χ3v) is 9.60. The van der Waals surface area contributed by atoms with Gasteiger partial charge < -0.3 is 29.3 Å². The van der Waals surface area contributed by atoms with Crippen LogP contribution in [0.5, 0.6) is 5.75 Å². The number of aliphatic hydroxyl groups is 1. The van der Waals surface area contributed by atoms with E-state index < -0.39 is 29.1 Å². The molecule has 4 rings (SSSR count). The zero-order valence-electron chi connectivity index (χ0n) is 26.1. The molecule has 9 nitrogen and oxygen atoms in total. The molecule has 1 N–H and O–H groups in total. The van der Waals surface area contributed by atoms with Crippen LogP contribution in [0.25, 0.3) is 0 Å². The van der Waals surface area contributed by atoms with Crippen molar-refractivity contribution in [1.82, 2.24) is 9.80 Å². The van der Waals surface area contributed by atoms with Gasteiger partial charge in [-0.25, -0.2) is 0 Å². The average Bonchev–Trinajstić information content (AvgIpc) is 3.62. The van der Waals surface area contributed by atoms with Gasteiger partial charge in [0, 0.05) is 38.5 Å². The Morgan fingerprint density at radius 3 is 2.37 bits per heavy atom. The molecule has 1 aromatic rings. The number of ether oxygens (including phenoxy) is 2. The Morgan fingerprint density at radius 2 is 1.77 bits per heavy atom. The van der Waals surface area contributed by atoms with E-state index in [1.807, 2.05) is 26.0 Å². The number of methoxy groups -OCH3 is 1. The Hall–Kier alpha value is -3.17. The molecule has 236 valence electrons. The number of fused-ring (bicyclic) bond motifs is 1. The van der Waals surface area contributed by atoms with E-state index in [9.17, 15) is 19.5 Å². The molecule has 3 fully saturated rings. The third-order valence-electron chi connectivity index (χ3n) is 9.60. The minimum Gasteiger partial charge on any atom is -0.497 e. The number of rotatable bonds is 17. The first-order chi connectivity index (χ1) is 20.8. The number of unbranched alkanes of at least 4 members (excludes halogenated alkanes) is 3. The van der Waals surface area contributed by atoms with Gasteiger partial charge >= 0.3 is 0 Å². The molecule has 3 heterocycles. The number of anilines is 1. The molecular weight excluding hydrogens is 546 g/mol. The first kappa shape index (κ1) is 32.7. The summed E-state index contributed by atoms with van der Waals surface area (Å²) in [4.78, 5) is 48.7. The van der Waals surface area contributed by atoms with E-state index in [-0.39, 0.29) is 30.9 Å². The quantitative estimate of drug-likeness (QED) is 0.212. The first-order valence-corrected chi connectivity index (χ1v) is 15.9. The van der Waals surface area contributed by atoms with Crippen molar-refractivity contribution in [3.05, 3.63) is 49.6 Å². The molecule has 0 aromatic heterocycles. The number of amides is 3. The number of aliphatic hydroxyl groups excluding tert-OH is 1. The number of hydrogen-bond donors (Lipinski definition) is 1. The van der Waals surface area contributed by atoms with E-state index in [0.717, 1.165) is 19.3 Å². The van der Waals surface area contributed by atoms with E-state index in [1.165, 1.54) is 0 Å². The summed E-state index contributed by atoms with van der Waals surface area (Å²) in [5.74, 6) is -1.20. The smallest absolute Gasteiger partial charge is 0.253 e. The van der Waals surface area contributed by atoms with Gasteiger partial charge in [0.15, 0.2) is 0 Å². The Bertz CT molecular complexity index is 1170. The summed E-state index contributed by atoms with van der Waals surface area (Å²) in [5, 5.41) is 9.23. The molecule has 3 saturated heterocycles. The van der Waals surface area contributed by atoms with Crippen molar-refractivity contribution < 1.29 is 29.0 Å². The van der Waals surface area contributed by atoms with Crippen LogP contribution in [-0.2, 0) is 19.1 Å². The molecule has 3 aliphatic rings. The number of nitrogens with zero attached hydrogens (tertiary/aromatic N) is 3. The lowest BCUT2D eigenvalue weighted by atomic mass is 9.64. The highest BCUT2D eigenvalue weighted by atomic mass is 16.5. The van der Waals surface area contributed by atoms with Gasteiger partial charge in [-0.15, -0.1) is 13.2 Å². The molecule has 1 spiro atoms. The molecule has 5 atom stereocenters. The Kier molecular flexibility index (Phi) is 10.7. The second-order valence-corrected chi connectivity index (χ2v) is 12.0. The Labute approximate surface area is 256 Å². The summed E-state index contributed by atoms with van der Waals surface area (Å²) in [7, 11) is 1.59. The zero-order valence-corrected chi connectivity index (χ0v) is 26.1. The van der Waals surface area contributed by atoms with Crippen molar-refractivity contribution in [2.75, 3.05) is 44.8 Å². The van der Waals surface area contributed by atoms with Gasteiger partial charge in [-0.3, -0.25) is 14.4 Å². The molecular formula is C34H49N3O6. The highest BCUT2D eigenvalue weighted by Crippen LogP contribution is 2.64. The topological polar surface area (TPSA) is 99.6 Å². The predicted molar refractivity (Wildman–Crippen MR) is 167 cm³/mol. The van der Waals surface area contributed by atoms with Gasteiger partial charge in [-0.1, -0.05) is 38.8 Å². The summed E-state index contributed by atoms with van der Waals surface area (Å²) in [5.41, 5.74) is -1.21. The van der Waals surface area contributed by atoms with Crippen molar-refractivity contribution in [1.29, 1.82) is 0 Å². The van der Waals surface area contributed by atoms with Crippen LogP contribution in [0.1, 0.15) is 65.2 Å². The molecule has 0 saturated carbocycles. The average molecular weight is 596 g/mol. The molecule has 43 heavy (non-hydrogen) atoms. The molecule has 2 bridgehead atoms. The van der Waals surface area contributed by atoms with Crippen LogP contribution in [0.2, 0.25) is 0 Å². The number of carbonyl (C=O) groups is 3. The van der Waals surface area contributed by atoms with E-state index >= 15 is 0 Å². The number of carbonyl (C=O) groups excluding carboxylic acids is 3. The molecule has 0 aliphatic carbocycles. The van der Waals surface area contributed by atoms with Crippen LogP contribution in [0.4, 0.5) is 5.69 Å². The lowest BCUT2D eigenvalue weighted by molar-refractivity contribution is -0.151. The monoisotopic (exact) mass is 595 g/mol. The summed E-state index contributed by atoms with van der Waals surface area (Å²) >= 11 is 0. The maximum absolute atomic E-state index is 14.7. The van der Waals surface area contributed by atoms with Crippen LogP contribution in [0.15, 0.2) is 49.6 Å². The van der Waals surface area contributed by atoms with Crippen LogP contribution < -0.4 is 9.64 Å². The number of hydrogen-bond acceptors (Lipinski definition) is 6. The normalized spacial score (nSPS) is 27.2. The van der Waals surface area contributed by atoms with Gasteiger partial charge in [-0.05, 0) is 62.8 Å². The maximum Gasteiger partial charge on any atom is 0.253 e. The van der Waals surface area contributed by atoms with Crippen LogP contribution in [-0.4, -0.2) is 89.8 Å². The summed E-state index contributed by atoms with van der Waals surface area (Å²) in [6.45, 7) is 13.5. The van der Waals surface area contributed by atoms with Crippen molar-refractivity contribution in [3.8, 4) is 5.75 Å². The van der Waals surface area contributed by atoms with E-state index in [1.54, 1.807) is 46.1 Å². The fourth-order valence-corrected chi connectivity index (χ4v) is 7.64. The highest BCUT2D eigenvalue weighted by Gasteiger charge is 2.79. The molecule has 3 amide bonds. The van der Waals surface area contributed by atoms with Crippen LogP contribution in [0, 0.1) is 11.8 Å². The van der Waals surface area contributed by atoms with Crippen molar-refractivity contribution >= 4 is 23.4 Å². The minimum atomic E-state index is -1.09. The molecule has 2 unspecified atom stereocenters. The minimum absolute atomic E-state index is 0.0855. The van der Waals surface area contributed by atoms with Crippen LogP contribution in [0.3, 0.4) is 0 Å². The third kappa shape index (κ3) is 5.86. The van der Waals surface area contributed by atoms with E-state index in [0.29, 0.717) is 63.2 Å². The van der Waals surface area contributed by atoms with Crippen molar-refractivity contribution in [2.24, 2.45) is 11.8 Å². The molecule has 1 aromatic carbocycles. The van der Waals surface area contributed by atoms with E-state index in [4.69, 9.17) is 9.47 Å². The summed E-state index contributed by atoms with van der Waals surface area (Å²) in [6, 6.07) is 6.40. The zero-order chi connectivity index (χ0) is 31.2. The first-order valence-electron chi connectivity index (χ1n) is 15.9. The Balaban J connectivity index is 1.77. The van der Waals surface area contributed by atoms with Gasteiger partial charge in [-0.2, -0.15) is 0 Å². The fourth-order valence-electron chi connectivity index (χ4n) is 7.64. The fraction of sp³-hybridized carbons (Fsp3) is 0.618. The molecule has 0 radical (unpaired) electrons. The standard InChI is InChI=1S/C34H49N3O6/c1-6-20-35(21-7-2)30(39)27-28-31(40)37(23-12-10-11-13-24-38)29(34(28)19-18-33(27,9-4)43-34)32(41)36(22-8-3)25-14-16-26(42-5)17-15-25/h6,8,14-17,27-29,38H,1,3,7,9-13,18-24H2,2,4-5H3/t27-,28-,29?,33+,34?/m0/s1. The lowest BCUT2D eigenvalue weighted by Gasteiger charge is -2.37. The maximum atomic E-state index is 14.7. The predicted octanol–water partition coefficient (Wildman–Crippen LogP) is 4.35. The lowest BCUT2D eigenvalue weighted by Crippen LogP contribution is -2.56. The largest absolute Gasteiger partial charge is 0.497 e. The van der Waals surface area contributed by atoms with Gasteiger partial charge in [0.1, 0.15) is 17.4 Å². The summed E-state index contributed by atoms with van der Waals surface area (Å²) in [6.07, 6.45) is 8.98. The number of benzene rings is 1. The second kappa shape index (κ2) is 14.1. The summed E-state index contributed by atoms with van der Waals surface area (Å²) < 4.78 is 12.3. The Morgan fingerprint density at radius 1 is 1.07 bits per heavy atom. The molecule has 9 heteroatoms. The highest BCUT2D eigenvalue weighted by molar-refractivity contribution is 6.05. The van der Waals surface area contributed by atoms with Crippen molar-refractivity contribution in [2.45, 2.75) is 82.5 Å². The van der Waals surface area contributed by atoms with Crippen molar-refractivity contribution in [3.63, 3.8) is 0 Å². The number of likely N-dealkylation sites (tertiary alicyclic amines) is 1.